The second-order valence-electron chi connectivity index (χ2n) is 1.64. The van der Waals surface area contributed by atoms with Crippen LogP contribution in [0.2, 0.25) is 0 Å². The molecule has 0 saturated heterocycles. The van der Waals surface area contributed by atoms with E-state index in [1.807, 2.05) is 0 Å². The van der Waals surface area contributed by atoms with Crippen molar-refractivity contribution >= 4 is 6.34 Å². The van der Waals surface area contributed by atoms with Gasteiger partial charge < -0.3 is 0 Å². The van der Waals surface area contributed by atoms with Gasteiger partial charge in [0.15, 0.2) is 0 Å². The predicted octanol–water partition coefficient (Wildman–Crippen LogP) is -0.105. The third kappa shape index (κ3) is 1.74. The van der Waals surface area contributed by atoms with Gasteiger partial charge in [-0.2, -0.15) is 0 Å². The Hall–Kier alpha value is -1.01. The fourth-order valence-electron chi connectivity index (χ4n) is 0.581. The summed E-state index contributed by atoms with van der Waals surface area (Å²) in [5.41, 5.74) is 0. The van der Waals surface area contributed by atoms with E-state index in [0.29, 0.717) is 6.61 Å². The van der Waals surface area contributed by atoms with Gasteiger partial charge in [-0.1, -0.05) is 5.92 Å². The van der Waals surface area contributed by atoms with E-state index in [1.54, 1.807) is 11.4 Å². The Bertz CT molecular complexity index is 148. The van der Waals surface area contributed by atoms with Crippen molar-refractivity contribution in [1.29, 1.82) is 0 Å². The molecule has 0 aromatic heterocycles. The van der Waals surface area contributed by atoms with E-state index < -0.39 is 0 Å². The molecule has 0 atom stereocenters. The lowest BCUT2D eigenvalue weighted by atomic mass is 10.7. The van der Waals surface area contributed by atoms with Crippen LogP contribution in [0.25, 0.3) is 0 Å². The van der Waals surface area contributed by atoms with Crippen LogP contribution in [0.5, 0.6) is 0 Å². The van der Waals surface area contributed by atoms with Crippen LogP contribution in [-0.4, -0.2) is 31.1 Å². The van der Waals surface area contributed by atoms with Crippen molar-refractivity contribution in [2.24, 2.45) is 4.99 Å². The van der Waals surface area contributed by atoms with Crippen LogP contribution < -0.4 is 0 Å². The molecule has 0 aromatic carbocycles. The molecular weight excluding hydrogens is 116 g/mol. The molecule has 48 valence electrons. The summed E-state index contributed by atoms with van der Waals surface area (Å²) in [7, 11) is 0. The molecule has 1 heterocycles. The molecule has 0 aromatic rings. The highest BCUT2D eigenvalue weighted by atomic mass is 16.7. The van der Waals surface area contributed by atoms with Gasteiger partial charge in [0.2, 0.25) is 0 Å². The molecule has 0 unspecified atom stereocenters. The first-order chi connectivity index (χ1) is 4.43. The lowest BCUT2D eigenvalue weighted by Crippen LogP contribution is -2.19. The highest BCUT2D eigenvalue weighted by Gasteiger charge is 2.02. The summed E-state index contributed by atoms with van der Waals surface area (Å²) in [6.07, 6.45) is 6.61. The average molecular weight is 124 g/mol. The largest absolute Gasteiger partial charge is 0.272 e. The second-order valence-corrected chi connectivity index (χ2v) is 1.64. The quantitative estimate of drug-likeness (QED) is 0.480. The minimum Gasteiger partial charge on any atom is -0.272 e. The van der Waals surface area contributed by atoms with Gasteiger partial charge in [0.25, 0.3) is 0 Å². The highest BCUT2D eigenvalue weighted by molar-refractivity contribution is 5.55. The molecule has 3 nitrogen and oxygen atoms in total. The molecule has 0 saturated carbocycles. The topological polar surface area (TPSA) is 24.8 Å². The summed E-state index contributed by atoms with van der Waals surface area (Å²) in [4.78, 5) is 8.93. The van der Waals surface area contributed by atoms with Gasteiger partial charge >= 0.3 is 0 Å². The summed E-state index contributed by atoms with van der Waals surface area (Å²) in [5.74, 6) is 2.37. The average Bonchev–Trinajstić information content (AvgIpc) is 2.34. The maximum atomic E-state index is 5.00. The van der Waals surface area contributed by atoms with Gasteiger partial charge in [0.1, 0.15) is 12.9 Å². The summed E-state index contributed by atoms with van der Waals surface area (Å²) in [6.45, 7) is 1.96. The molecular formula is C6H8N2O. The zero-order valence-corrected chi connectivity index (χ0v) is 5.08. The van der Waals surface area contributed by atoms with Crippen LogP contribution in [0, 0.1) is 12.3 Å². The smallest absolute Gasteiger partial charge is 0.135 e. The van der Waals surface area contributed by atoms with Crippen LogP contribution in [0.4, 0.5) is 0 Å². The lowest BCUT2D eigenvalue weighted by molar-refractivity contribution is -0.0693. The molecule has 0 spiro atoms. The number of nitrogens with zero attached hydrogens (tertiary/aromatic N) is 2. The minimum absolute atomic E-state index is 0.325. The third-order valence-corrected chi connectivity index (χ3v) is 0.974. The monoisotopic (exact) mass is 124 g/mol. The molecule has 1 aliphatic heterocycles. The van der Waals surface area contributed by atoms with Crippen molar-refractivity contribution in [2.75, 3.05) is 19.7 Å². The predicted molar refractivity (Wildman–Crippen MR) is 34.9 cm³/mol. The van der Waals surface area contributed by atoms with Crippen molar-refractivity contribution in [3.8, 4) is 12.3 Å². The summed E-state index contributed by atoms with van der Waals surface area (Å²) in [6, 6.07) is 0. The summed E-state index contributed by atoms with van der Waals surface area (Å²) < 4.78 is 0. The van der Waals surface area contributed by atoms with E-state index in [9.17, 15) is 0 Å². The van der Waals surface area contributed by atoms with Crippen LogP contribution in [0.3, 0.4) is 0 Å². The molecule has 0 amide bonds. The summed E-state index contributed by atoms with van der Waals surface area (Å²) >= 11 is 0. The number of terminal acetylenes is 1. The minimum atomic E-state index is 0.325. The van der Waals surface area contributed by atoms with Crippen LogP contribution >= 0.6 is 0 Å². The van der Waals surface area contributed by atoms with Gasteiger partial charge in [-0.05, 0) is 0 Å². The Kier molecular flexibility index (Phi) is 2.11. The Morgan fingerprint density at radius 2 is 2.78 bits per heavy atom. The number of hydrogen-bond acceptors (Lipinski definition) is 3. The second kappa shape index (κ2) is 3.10. The Balaban J connectivity index is 2.14. The Labute approximate surface area is 54.3 Å². The maximum absolute atomic E-state index is 5.00. The van der Waals surface area contributed by atoms with E-state index in [-0.39, 0.29) is 0 Å². The van der Waals surface area contributed by atoms with Gasteiger partial charge in [0.05, 0.1) is 13.1 Å². The molecule has 0 radical (unpaired) electrons. The van der Waals surface area contributed by atoms with Gasteiger partial charge in [-0.15, -0.1) is 6.42 Å². The zero-order valence-electron chi connectivity index (χ0n) is 5.08. The first-order valence-electron chi connectivity index (χ1n) is 2.76. The first kappa shape index (κ1) is 6.12. The SMILES string of the molecule is C#CCON1C=NCC1. The molecule has 0 aliphatic carbocycles. The van der Waals surface area contributed by atoms with Gasteiger partial charge in [-0.25, -0.2) is 5.06 Å². The molecule has 1 aliphatic rings. The highest BCUT2D eigenvalue weighted by Crippen LogP contribution is 1.92. The van der Waals surface area contributed by atoms with E-state index >= 15 is 0 Å². The van der Waals surface area contributed by atoms with E-state index in [0.717, 1.165) is 13.1 Å². The van der Waals surface area contributed by atoms with E-state index in [1.165, 1.54) is 0 Å². The van der Waals surface area contributed by atoms with Gasteiger partial charge in [-0.3, -0.25) is 9.83 Å². The van der Waals surface area contributed by atoms with Crippen LogP contribution in [0.1, 0.15) is 0 Å². The van der Waals surface area contributed by atoms with E-state index in [4.69, 9.17) is 11.3 Å². The molecule has 0 N–H and O–H groups in total. The number of hydroxylamine groups is 2. The number of aliphatic imine (C=N–C) groups is 1. The van der Waals surface area contributed by atoms with Crippen LogP contribution in [-0.2, 0) is 4.84 Å². The van der Waals surface area contributed by atoms with Crippen molar-refractivity contribution in [1.82, 2.24) is 5.06 Å². The lowest BCUT2D eigenvalue weighted by Gasteiger charge is -2.09. The number of rotatable bonds is 2. The maximum Gasteiger partial charge on any atom is 0.135 e. The Morgan fingerprint density at radius 3 is 3.33 bits per heavy atom. The van der Waals surface area contributed by atoms with Crippen molar-refractivity contribution in [3.05, 3.63) is 0 Å². The molecule has 0 fully saturated rings. The standard InChI is InChI=1S/C6H8N2O/c1-2-5-9-8-4-3-7-6-8/h1,6H,3-5H2. The third-order valence-electron chi connectivity index (χ3n) is 0.974. The van der Waals surface area contributed by atoms with E-state index in [2.05, 4.69) is 10.9 Å². The van der Waals surface area contributed by atoms with Gasteiger partial charge in [0, 0.05) is 0 Å². The molecule has 3 heteroatoms. The fourth-order valence-corrected chi connectivity index (χ4v) is 0.581. The molecule has 1 rings (SSSR count). The first-order valence-corrected chi connectivity index (χ1v) is 2.76. The zero-order chi connectivity index (χ0) is 6.53. The van der Waals surface area contributed by atoms with Crippen molar-refractivity contribution in [3.63, 3.8) is 0 Å². The van der Waals surface area contributed by atoms with Crippen molar-refractivity contribution in [2.45, 2.75) is 0 Å². The molecule has 9 heavy (non-hydrogen) atoms. The van der Waals surface area contributed by atoms with Crippen molar-refractivity contribution < 1.29 is 4.84 Å². The van der Waals surface area contributed by atoms with Crippen LogP contribution in [0.15, 0.2) is 4.99 Å². The summed E-state index contributed by atoms with van der Waals surface area (Å²) in [5, 5.41) is 1.64. The number of hydrogen-bond donors (Lipinski definition) is 0. The normalized spacial score (nSPS) is 16.1. The molecule has 0 bridgehead atoms. The Morgan fingerprint density at radius 1 is 1.89 bits per heavy atom. The fraction of sp³-hybridized carbons (Fsp3) is 0.500.